The highest BCUT2D eigenvalue weighted by Gasteiger charge is 2.08. The number of aromatic nitrogens is 5. The first-order valence-electron chi connectivity index (χ1n) is 6.86. The molecule has 0 aliphatic heterocycles. The summed E-state index contributed by atoms with van der Waals surface area (Å²) in [5, 5.41) is 19.3. The molecule has 0 saturated carbocycles. The van der Waals surface area contributed by atoms with E-state index in [-0.39, 0.29) is 0 Å². The first kappa shape index (κ1) is 15.4. The standard InChI is InChI=1S/C12H20N6S2/c1-3-5-11-14-10(8-19-11)9-20-12-15-16-17-18(12)7-6-13-4-2/h8,13H,3-7,9H2,1-2H3. The predicted octanol–water partition coefficient (Wildman–Crippen LogP) is 1.98. The number of tetrazole rings is 1. The number of nitrogens with zero attached hydrogens (tertiary/aromatic N) is 5. The van der Waals surface area contributed by atoms with Gasteiger partial charge in [-0.3, -0.25) is 0 Å². The molecule has 1 N–H and O–H groups in total. The van der Waals surface area contributed by atoms with Crippen LogP contribution in [-0.4, -0.2) is 38.3 Å². The van der Waals surface area contributed by atoms with Gasteiger partial charge in [0.2, 0.25) is 5.16 Å². The van der Waals surface area contributed by atoms with Crippen LogP contribution in [0.5, 0.6) is 0 Å². The summed E-state index contributed by atoms with van der Waals surface area (Å²) in [5.74, 6) is 0.821. The Morgan fingerprint density at radius 2 is 2.30 bits per heavy atom. The lowest BCUT2D eigenvalue weighted by Crippen LogP contribution is -2.20. The zero-order valence-electron chi connectivity index (χ0n) is 11.9. The highest BCUT2D eigenvalue weighted by Crippen LogP contribution is 2.21. The van der Waals surface area contributed by atoms with Gasteiger partial charge in [0.25, 0.3) is 0 Å². The average Bonchev–Trinajstić information content (AvgIpc) is 3.06. The molecule has 0 saturated heterocycles. The molecule has 0 amide bonds. The Balaban J connectivity index is 1.85. The van der Waals surface area contributed by atoms with Crippen LogP contribution in [0.1, 0.15) is 31.0 Å². The molecule has 0 aliphatic carbocycles. The molecule has 0 unspecified atom stereocenters. The second kappa shape index (κ2) is 8.33. The van der Waals surface area contributed by atoms with Gasteiger partial charge in [-0.1, -0.05) is 25.6 Å². The minimum atomic E-state index is 0.793. The summed E-state index contributed by atoms with van der Waals surface area (Å²) in [6.07, 6.45) is 2.21. The van der Waals surface area contributed by atoms with Crippen LogP contribution in [0, 0.1) is 0 Å². The van der Waals surface area contributed by atoms with E-state index in [1.807, 2.05) is 4.68 Å². The van der Waals surface area contributed by atoms with Crippen LogP contribution in [0.4, 0.5) is 0 Å². The molecule has 8 heteroatoms. The van der Waals surface area contributed by atoms with Crippen molar-refractivity contribution in [3.8, 4) is 0 Å². The van der Waals surface area contributed by atoms with Crippen molar-refractivity contribution in [2.24, 2.45) is 0 Å². The van der Waals surface area contributed by atoms with Crippen molar-refractivity contribution < 1.29 is 0 Å². The first-order chi connectivity index (χ1) is 9.83. The lowest BCUT2D eigenvalue weighted by atomic mass is 10.3. The molecule has 2 heterocycles. The van der Waals surface area contributed by atoms with Gasteiger partial charge in [-0.05, 0) is 29.8 Å². The third-order valence-corrected chi connectivity index (χ3v) is 4.61. The highest BCUT2D eigenvalue weighted by atomic mass is 32.2. The quantitative estimate of drug-likeness (QED) is 0.564. The molecular formula is C12H20N6S2. The molecular weight excluding hydrogens is 292 g/mol. The van der Waals surface area contributed by atoms with E-state index in [0.717, 1.165) is 49.1 Å². The number of rotatable bonds is 9. The number of thioether (sulfide) groups is 1. The number of nitrogens with one attached hydrogen (secondary N) is 1. The van der Waals surface area contributed by atoms with Gasteiger partial charge < -0.3 is 5.32 Å². The van der Waals surface area contributed by atoms with Crippen LogP contribution < -0.4 is 5.32 Å². The Kier molecular flexibility index (Phi) is 6.41. The summed E-state index contributed by atoms with van der Waals surface area (Å²) in [5.41, 5.74) is 1.12. The van der Waals surface area contributed by atoms with Crippen molar-refractivity contribution in [3.63, 3.8) is 0 Å². The lowest BCUT2D eigenvalue weighted by molar-refractivity contribution is 0.517. The van der Waals surface area contributed by atoms with E-state index in [1.165, 1.54) is 5.01 Å². The molecule has 0 spiro atoms. The number of hydrogen-bond acceptors (Lipinski definition) is 7. The van der Waals surface area contributed by atoms with Crippen molar-refractivity contribution in [3.05, 3.63) is 16.1 Å². The lowest BCUT2D eigenvalue weighted by Gasteiger charge is -2.03. The van der Waals surface area contributed by atoms with Gasteiger partial charge in [0.15, 0.2) is 0 Å². The summed E-state index contributed by atoms with van der Waals surface area (Å²) in [7, 11) is 0. The van der Waals surface area contributed by atoms with Crippen LogP contribution in [-0.2, 0) is 18.7 Å². The maximum absolute atomic E-state index is 4.61. The molecule has 110 valence electrons. The topological polar surface area (TPSA) is 68.5 Å². The summed E-state index contributed by atoms with van der Waals surface area (Å²) in [4.78, 5) is 4.61. The van der Waals surface area contributed by atoms with Crippen LogP contribution >= 0.6 is 23.1 Å². The van der Waals surface area contributed by atoms with Crippen LogP contribution in [0.25, 0.3) is 0 Å². The van der Waals surface area contributed by atoms with Crippen molar-refractivity contribution in [1.82, 2.24) is 30.5 Å². The highest BCUT2D eigenvalue weighted by molar-refractivity contribution is 7.98. The molecule has 0 atom stereocenters. The van der Waals surface area contributed by atoms with Crippen molar-refractivity contribution in [2.45, 2.75) is 44.1 Å². The minimum Gasteiger partial charge on any atom is -0.315 e. The molecule has 0 aliphatic rings. The maximum atomic E-state index is 4.61. The fourth-order valence-electron chi connectivity index (χ4n) is 1.68. The van der Waals surface area contributed by atoms with Crippen LogP contribution in [0.3, 0.4) is 0 Å². The summed E-state index contributed by atoms with van der Waals surface area (Å²) in [6.45, 7) is 6.90. The number of likely N-dealkylation sites (N-methyl/N-ethyl adjacent to an activating group) is 1. The Morgan fingerprint density at radius 3 is 3.10 bits per heavy atom. The number of aryl methyl sites for hydroxylation is 1. The van der Waals surface area contributed by atoms with E-state index in [1.54, 1.807) is 23.1 Å². The van der Waals surface area contributed by atoms with Crippen LogP contribution in [0.2, 0.25) is 0 Å². The largest absolute Gasteiger partial charge is 0.315 e. The van der Waals surface area contributed by atoms with Crippen molar-refractivity contribution >= 4 is 23.1 Å². The normalized spacial score (nSPS) is 11.1. The molecule has 2 aromatic heterocycles. The Morgan fingerprint density at radius 1 is 1.40 bits per heavy atom. The van der Waals surface area contributed by atoms with E-state index in [4.69, 9.17) is 0 Å². The van der Waals surface area contributed by atoms with Crippen molar-refractivity contribution in [1.29, 1.82) is 0 Å². The van der Waals surface area contributed by atoms with Gasteiger partial charge in [0, 0.05) is 17.7 Å². The third kappa shape index (κ3) is 4.53. The van der Waals surface area contributed by atoms with Gasteiger partial charge in [0.1, 0.15) is 0 Å². The smallest absolute Gasteiger partial charge is 0.209 e. The third-order valence-electron chi connectivity index (χ3n) is 2.66. The Hall–Kier alpha value is -0.990. The molecule has 0 fully saturated rings. The van der Waals surface area contributed by atoms with E-state index in [2.05, 4.69) is 45.1 Å². The number of thiazole rings is 1. The zero-order chi connectivity index (χ0) is 14.2. The molecule has 0 aromatic carbocycles. The zero-order valence-corrected chi connectivity index (χ0v) is 13.5. The Labute approximate surface area is 127 Å². The first-order valence-corrected chi connectivity index (χ1v) is 8.73. The van der Waals surface area contributed by atoms with Gasteiger partial charge in [-0.2, -0.15) is 0 Å². The van der Waals surface area contributed by atoms with Crippen molar-refractivity contribution in [2.75, 3.05) is 13.1 Å². The second-order valence-corrected chi connectivity index (χ2v) is 6.19. The molecule has 20 heavy (non-hydrogen) atoms. The summed E-state index contributed by atoms with van der Waals surface area (Å²) < 4.78 is 1.84. The number of hydrogen-bond donors (Lipinski definition) is 1. The van der Waals surface area contributed by atoms with Gasteiger partial charge in [-0.25, -0.2) is 9.67 Å². The molecule has 2 aromatic rings. The monoisotopic (exact) mass is 312 g/mol. The van der Waals surface area contributed by atoms with Gasteiger partial charge >= 0.3 is 0 Å². The Bertz CT molecular complexity index is 510. The SMILES string of the molecule is CCCc1nc(CSc2nnnn2CCNCC)cs1. The average molecular weight is 312 g/mol. The maximum Gasteiger partial charge on any atom is 0.209 e. The fourth-order valence-corrected chi connectivity index (χ4v) is 3.49. The summed E-state index contributed by atoms with van der Waals surface area (Å²) >= 11 is 3.38. The van der Waals surface area contributed by atoms with E-state index < -0.39 is 0 Å². The van der Waals surface area contributed by atoms with Gasteiger partial charge in [0.05, 0.1) is 17.2 Å². The molecule has 0 bridgehead atoms. The minimum absolute atomic E-state index is 0.793. The van der Waals surface area contributed by atoms with E-state index >= 15 is 0 Å². The van der Waals surface area contributed by atoms with E-state index in [0.29, 0.717) is 0 Å². The fraction of sp³-hybridized carbons (Fsp3) is 0.667. The van der Waals surface area contributed by atoms with Crippen LogP contribution in [0.15, 0.2) is 10.5 Å². The van der Waals surface area contributed by atoms with Gasteiger partial charge in [-0.15, -0.1) is 16.4 Å². The predicted molar refractivity (Wildman–Crippen MR) is 82.0 cm³/mol. The molecule has 6 nitrogen and oxygen atoms in total. The summed E-state index contributed by atoms with van der Waals surface area (Å²) in [6, 6.07) is 0. The van der Waals surface area contributed by atoms with E-state index in [9.17, 15) is 0 Å². The second-order valence-electron chi connectivity index (χ2n) is 4.31. The molecule has 2 rings (SSSR count). The molecule has 0 radical (unpaired) electrons.